The highest BCUT2D eigenvalue weighted by Gasteiger charge is 2.35. The van der Waals surface area contributed by atoms with Crippen LogP contribution in [0.5, 0.6) is 5.75 Å². The Kier molecular flexibility index (Phi) is 8.38. The van der Waals surface area contributed by atoms with Crippen LogP contribution in [-0.4, -0.2) is 43.1 Å². The van der Waals surface area contributed by atoms with E-state index in [9.17, 15) is 4.79 Å². The molecule has 1 aliphatic heterocycles. The molecule has 1 aromatic heterocycles. The molecule has 0 aliphatic carbocycles. The number of fused-ring (bicyclic) bond motifs is 1. The molecular weight excluding hydrogens is 496 g/mol. The normalized spacial score (nSPS) is 13.8. The van der Waals surface area contributed by atoms with Crippen LogP contribution < -0.4 is 10.1 Å². The first-order chi connectivity index (χ1) is 18.0. The summed E-state index contributed by atoms with van der Waals surface area (Å²) in [7, 11) is 1.40. The maximum Gasteiger partial charge on any atom is 0.339 e. The van der Waals surface area contributed by atoms with E-state index in [0.717, 1.165) is 57.2 Å². The van der Waals surface area contributed by atoms with Crippen molar-refractivity contribution in [1.82, 2.24) is 4.98 Å². The molecule has 0 spiro atoms. The van der Waals surface area contributed by atoms with Gasteiger partial charge in [0.1, 0.15) is 12.4 Å². The van der Waals surface area contributed by atoms with Crippen molar-refractivity contribution in [3.8, 4) is 28.1 Å². The number of hydrogen-bond acceptors (Lipinski definition) is 7. The van der Waals surface area contributed by atoms with Crippen LogP contribution in [0.25, 0.3) is 22.4 Å². The third-order valence-corrected chi connectivity index (χ3v) is 7.27. The molecule has 1 atom stereocenters. The maximum atomic E-state index is 13.3. The lowest BCUT2D eigenvalue weighted by atomic mass is 9.87. The smallest absolute Gasteiger partial charge is 0.339 e. The topological polar surface area (TPSA) is 69.7 Å². The van der Waals surface area contributed by atoms with Gasteiger partial charge in [0, 0.05) is 23.4 Å². The number of hydrogen-bond donors (Lipinski definition) is 1. The second-order valence-electron chi connectivity index (χ2n) is 10.7. The number of methoxy groups -OCH3 is 1. The molecule has 202 valence electrons. The van der Waals surface area contributed by atoms with Crippen LogP contribution in [0.1, 0.15) is 54.8 Å². The van der Waals surface area contributed by atoms with Crippen LogP contribution >= 0.6 is 11.8 Å². The SMILES string of the molecule is COC(=O)C(OC(C)(C)C)c1c(CSC)nc(-c2ccc(C)c(C)c2)c(C)c1-c1ccc2c(c1)NCCO2. The third-order valence-electron chi connectivity index (χ3n) is 6.71. The van der Waals surface area contributed by atoms with E-state index in [1.165, 1.54) is 18.2 Å². The quantitative estimate of drug-likeness (QED) is 0.326. The van der Waals surface area contributed by atoms with E-state index in [1.807, 2.05) is 33.1 Å². The van der Waals surface area contributed by atoms with E-state index in [4.69, 9.17) is 19.2 Å². The number of nitrogens with one attached hydrogen (secondary N) is 1. The lowest BCUT2D eigenvalue weighted by Gasteiger charge is -2.30. The van der Waals surface area contributed by atoms with Gasteiger partial charge in [-0.25, -0.2) is 4.79 Å². The van der Waals surface area contributed by atoms with Crippen LogP contribution in [-0.2, 0) is 20.0 Å². The van der Waals surface area contributed by atoms with Crippen molar-refractivity contribution in [2.24, 2.45) is 0 Å². The van der Waals surface area contributed by atoms with E-state index < -0.39 is 17.7 Å². The van der Waals surface area contributed by atoms with Crippen molar-refractivity contribution in [3.63, 3.8) is 0 Å². The molecule has 1 N–H and O–H groups in total. The third kappa shape index (κ3) is 5.84. The first-order valence-electron chi connectivity index (χ1n) is 12.9. The number of aromatic nitrogens is 1. The van der Waals surface area contributed by atoms with Crippen molar-refractivity contribution in [3.05, 3.63) is 64.3 Å². The van der Waals surface area contributed by atoms with Gasteiger partial charge < -0.3 is 19.5 Å². The lowest BCUT2D eigenvalue weighted by molar-refractivity contribution is -0.164. The number of pyridine rings is 1. The molecule has 1 aliphatic rings. The van der Waals surface area contributed by atoms with Crippen LogP contribution in [0, 0.1) is 20.8 Å². The molecule has 0 bridgehead atoms. The number of aryl methyl sites for hydroxylation is 2. The standard InChI is InChI=1S/C31H38N2O4S/c1-18-9-10-22(15-19(18)2)28-20(3)26(21-11-12-25-23(16-21)32-13-14-36-25)27(24(33-28)17-38-8)29(30(34)35-7)37-31(4,5)6/h9-12,15-16,29,32H,13-14,17H2,1-8H3. The minimum absolute atomic E-state index is 0.442. The number of nitrogens with zero attached hydrogens (tertiary/aromatic N) is 1. The molecule has 7 heteroatoms. The van der Waals surface area contributed by atoms with Crippen molar-refractivity contribution in [2.75, 3.05) is 31.8 Å². The number of benzene rings is 2. The summed E-state index contributed by atoms with van der Waals surface area (Å²) in [6.07, 6.45) is 1.11. The molecule has 4 rings (SSSR count). The van der Waals surface area contributed by atoms with Gasteiger partial charge in [-0.05, 0) is 93.8 Å². The van der Waals surface area contributed by atoms with Crippen LogP contribution in [0.4, 0.5) is 5.69 Å². The van der Waals surface area contributed by atoms with Crippen molar-refractivity contribution in [2.45, 2.75) is 59.0 Å². The number of carbonyl (C=O) groups excluding carboxylic acids is 1. The predicted molar refractivity (Wildman–Crippen MR) is 156 cm³/mol. The predicted octanol–water partition coefficient (Wildman–Crippen LogP) is 7.04. The number of rotatable bonds is 7. The number of carbonyl (C=O) groups is 1. The largest absolute Gasteiger partial charge is 0.490 e. The highest BCUT2D eigenvalue weighted by atomic mass is 32.2. The average Bonchev–Trinajstić information content (AvgIpc) is 2.88. The molecule has 1 unspecified atom stereocenters. The Morgan fingerprint density at radius 1 is 1.11 bits per heavy atom. The summed E-state index contributed by atoms with van der Waals surface area (Å²) >= 11 is 1.66. The van der Waals surface area contributed by atoms with Crippen molar-refractivity contribution >= 4 is 23.4 Å². The molecule has 38 heavy (non-hydrogen) atoms. The zero-order valence-electron chi connectivity index (χ0n) is 23.7. The summed E-state index contributed by atoms with van der Waals surface area (Å²) in [4.78, 5) is 18.5. The van der Waals surface area contributed by atoms with Crippen LogP contribution in [0.2, 0.25) is 0 Å². The monoisotopic (exact) mass is 534 g/mol. The number of anilines is 1. The zero-order valence-corrected chi connectivity index (χ0v) is 24.5. The molecule has 0 saturated carbocycles. The molecule has 0 fully saturated rings. The molecule has 0 amide bonds. The van der Waals surface area contributed by atoms with Gasteiger partial charge >= 0.3 is 5.97 Å². The van der Waals surface area contributed by atoms with E-state index in [1.54, 1.807) is 11.8 Å². The Balaban J connectivity index is 2.08. The van der Waals surface area contributed by atoms with Gasteiger partial charge in [0.15, 0.2) is 6.10 Å². The second-order valence-corrected chi connectivity index (χ2v) is 11.5. The minimum atomic E-state index is -0.933. The van der Waals surface area contributed by atoms with E-state index >= 15 is 0 Å². The molecule has 0 saturated heterocycles. The molecule has 3 aromatic rings. The molecular formula is C31H38N2O4S. The molecule has 6 nitrogen and oxygen atoms in total. The zero-order chi connectivity index (χ0) is 27.6. The van der Waals surface area contributed by atoms with Crippen LogP contribution in [0.15, 0.2) is 36.4 Å². The van der Waals surface area contributed by atoms with Gasteiger partial charge in [0.05, 0.1) is 29.8 Å². The summed E-state index contributed by atoms with van der Waals surface area (Å²) < 4.78 is 17.5. The van der Waals surface area contributed by atoms with Crippen LogP contribution in [0.3, 0.4) is 0 Å². The van der Waals surface area contributed by atoms with E-state index in [-0.39, 0.29) is 0 Å². The Morgan fingerprint density at radius 3 is 2.50 bits per heavy atom. The van der Waals surface area contributed by atoms with Gasteiger partial charge in [0.25, 0.3) is 0 Å². The van der Waals surface area contributed by atoms with Crippen molar-refractivity contribution in [1.29, 1.82) is 0 Å². The first kappa shape index (κ1) is 28.0. The van der Waals surface area contributed by atoms with E-state index in [0.29, 0.717) is 12.4 Å². The number of esters is 1. The molecule has 0 radical (unpaired) electrons. The van der Waals surface area contributed by atoms with Gasteiger partial charge in [-0.1, -0.05) is 18.2 Å². The van der Waals surface area contributed by atoms with Crippen molar-refractivity contribution < 1.29 is 19.0 Å². The fraction of sp³-hybridized carbons (Fsp3) is 0.419. The number of ether oxygens (including phenoxy) is 3. The Labute approximate surface area is 230 Å². The van der Waals surface area contributed by atoms with Gasteiger partial charge in [-0.2, -0.15) is 11.8 Å². The van der Waals surface area contributed by atoms with Gasteiger partial charge in [-0.15, -0.1) is 0 Å². The summed E-state index contributed by atoms with van der Waals surface area (Å²) in [5.41, 5.74) is 9.19. The fourth-order valence-electron chi connectivity index (χ4n) is 4.80. The second kappa shape index (κ2) is 11.4. The molecule has 2 aromatic carbocycles. The number of thioether (sulfide) groups is 1. The highest BCUT2D eigenvalue weighted by Crippen LogP contribution is 2.43. The first-order valence-corrected chi connectivity index (χ1v) is 14.3. The Hall–Kier alpha value is -3.03. The fourth-order valence-corrected chi connectivity index (χ4v) is 5.29. The van der Waals surface area contributed by atoms with E-state index in [2.05, 4.69) is 56.4 Å². The average molecular weight is 535 g/mol. The Morgan fingerprint density at radius 2 is 1.84 bits per heavy atom. The maximum absolute atomic E-state index is 13.3. The minimum Gasteiger partial charge on any atom is -0.490 e. The summed E-state index contributed by atoms with van der Waals surface area (Å²) in [6, 6.07) is 12.6. The summed E-state index contributed by atoms with van der Waals surface area (Å²) in [5, 5.41) is 3.45. The summed E-state index contributed by atoms with van der Waals surface area (Å²) in [5.74, 6) is 0.999. The highest BCUT2D eigenvalue weighted by molar-refractivity contribution is 7.97. The van der Waals surface area contributed by atoms with Gasteiger partial charge in [-0.3, -0.25) is 4.98 Å². The summed E-state index contributed by atoms with van der Waals surface area (Å²) in [6.45, 7) is 13.5. The van der Waals surface area contributed by atoms with Gasteiger partial charge in [0.2, 0.25) is 0 Å². The lowest BCUT2D eigenvalue weighted by Crippen LogP contribution is -2.30. The Bertz CT molecular complexity index is 1350. The molecule has 2 heterocycles.